The van der Waals surface area contributed by atoms with E-state index in [1.807, 2.05) is 0 Å². The SMILES string of the molecule is OC1C[C@@H]2C[C@H]1[C@H]1[C@H]3C[C@@H]([C@@H]21)[C@H](O)C3. The highest BCUT2D eigenvalue weighted by Crippen LogP contribution is 2.67. The van der Waals surface area contributed by atoms with Gasteiger partial charge < -0.3 is 10.2 Å². The molecule has 2 heteroatoms. The lowest BCUT2D eigenvalue weighted by atomic mass is 9.69. The van der Waals surface area contributed by atoms with Crippen molar-refractivity contribution in [2.45, 2.75) is 37.9 Å². The molecule has 1 unspecified atom stereocenters. The second-order valence-corrected chi connectivity index (χ2v) is 6.08. The number of hydrogen-bond acceptors (Lipinski definition) is 2. The fourth-order valence-corrected chi connectivity index (χ4v) is 5.53. The van der Waals surface area contributed by atoms with Gasteiger partial charge in [-0.25, -0.2) is 0 Å². The van der Waals surface area contributed by atoms with Crippen molar-refractivity contribution in [1.82, 2.24) is 0 Å². The minimum absolute atomic E-state index is 0.00209. The Labute approximate surface area is 84.3 Å². The zero-order chi connectivity index (χ0) is 9.45. The third-order valence-electron chi connectivity index (χ3n) is 5.75. The van der Waals surface area contributed by atoms with Crippen molar-refractivity contribution >= 4 is 0 Å². The van der Waals surface area contributed by atoms with Gasteiger partial charge in [-0.3, -0.25) is 0 Å². The van der Waals surface area contributed by atoms with Gasteiger partial charge in [0.15, 0.2) is 0 Å². The summed E-state index contributed by atoms with van der Waals surface area (Å²) in [7, 11) is 0. The number of fused-ring (bicyclic) bond motifs is 9. The summed E-state index contributed by atoms with van der Waals surface area (Å²) in [6, 6.07) is 0. The monoisotopic (exact) mass is 194 g/mol. The molecule has 2 N–H and O–H groups in total. The highest BCUT2D eigenvalue weighted by molar-refractivity contribution is 5.13. The summed E-state index contributed by atoms with van der Waals surface area (Å²) >= 11 is 0. The third-order valence-corrected chi connectivity index (χ3v) is 5.75. The quantitative estimate of drug-likeness (QED) is 0.565. The maximum Gasteiger partial charge on any atom is 0.0574 e. The van der Waals surface area contributed by atoms with Gasteiger partial charge in [-0.1, -0.05) is 0 Å². The van der Waals surface area contributed by atoms with E-state index in [-0.39, 0.29) is 12.2 Å². The molecule has 2 nitrogen and oxygen atoms in total. The number of rotatable bonds is 0. The zero-order valence-electron chi connectivity index (χ0n) is 8.34. The Bertz CT molecular complexity index is 249. The lowest BCUT2D eigenvalue weighted by Crippen LogP contribution is -2.39. The molecule has 4 aliphatic carbocycles. The molecule has 0 amide bonds. The van der Waals surface area contributed by atoms with Crippen molar-refractivity contribution in [2.24, 2.45) is 35.5 Å². The second kappa shape index (κ2) is 2.35. The Morgan fingerprint density at radius 3 is 1.50 bits per heavy atom. The second-order valence-electron chi connectivity index (χ2n) is 6.08. The molecule has 0 heterocycles. The van der Waals surface area contributed by atoms with Crippen molar-refractivity contribution in [3.05, 3.63) is 0 Å². The van der Waals surface area contributed by atoms with Crippen LogP contribution >= 0.6 is 0 Å². The van der Waals surface area contributed by atoms with Crippen molar-refractivity contribution in [3.63, 3.8) is 0 Å². The molecule has 8 atom stereocenters. The van der Waals surface area contributed by atoms with E-state index in [0.717, 1.165) is 36.5 Å². The predicted molar refractivity (Wildman–Crippen MR) is 51.4 cm³/mol. The van der Waals surface area contributed by atoms with Crippen molar-refractivity contribution in [3.8, 4) is 0 Å². The number of aliphatic hydroxyl groups is 2. The fraction of sp³-hybridized carbons (Fsp3) is 1.00. The van der Waals surface area contributed by atoms with E-state index < -0.39 is 0 Å². The number of aliphatic hydroxyl groups excluding tert-OH is 2. The summed E-state index contributed by atoms with van der Waals surface area (Å²) in [6.07, 6.45) is 4.58. The van der Waals surface area contributed by atoms with Gasteiger partial charge >= 0.3 is 0 Å². The summed E-state index contributed by atoms with van der Waals surface area (Å²) in [5.41, 5.74) is 0. The molecule has 0 saturated heterocycles. The van der Waals surface area contributed by atoms with Crippen LogP contribution in [0.3, 0.4) is 0 Å². The molecule has 14 heavy (non-hydrogen) atoms. The topological polar surface area (TPSA) is 40.5 Å². The first-order valence-corrected chi connectivity index (χ1v) is 6.12. The van der Waals surface area contributed by atoms with E-state index in [0.29, 0.717) is 11.8 Å². The van der Waals surface area contributed by atoms with Crippen LogP contribution < -0.4 is 0 Å². The van der Waals surface area contributed by atoms with E-state index >= 15 is 0 Å². The Kier molecular flexibility index (Phi) is 1.37. The van der Waals surface area contributed by atoms with Gasteiger partial charge in [-0.15, -0.1) is 0 Å². The lowest BCUT2D eigenvalue weighted by molar-refractivity contribution is -0.0132. The number of hydrogen-bond donors (Lipinski definition) is 2. The lowest BCUT2D eigenvalue weighted by Gasteiger charge is -2.38. The zero-order valence-corrected chi connectivity index (χ0v) is 8.34. The minimum Gasteiger partial charge on any atom is -0.393 e. The van der Waals surface area contributed by atoms with Crippen LogP contribution in [0, 0.1) is 35.5 Å². The van der Waals surface area contributed by atoms with E-state index in [1.165, 1.54) is 12.8 Å². The van der Waals surface area contributed by atoms with Gasteiger partial charge in [0.1, 0.15) is 0 Å². The van der Waals surface area contributed by atoms with Crippen molar-refractivity contribution in [2.75, 3.05) is 0 Å². The average molecular weight is 194 g/mol. The Hall–Kier alpha value is -0.0800. The van der Waals surface area contributed by atoms with Crippen LogP contribution in [0.5, 0.6) is 0 Å². The summed E-state index contributed by atoms with van der Waals surface area (Å²) in [4.78, 5) is 0. The molecule has 0 aromatic heterocycles. The Morgan fingerprint density at radius 1 is 0.643 bits per heavy atom. The summed E-state index contributed by atoms with van der Waals surface area (Å²) in [5, 5.41) is 19.8. The van der Waals surface area contributed by atoms with Gasteiger partial charge in [0.25, 0.3) is 0 Å². The van der Waals surface area contributed by atoms with Gasteiger partial charge in [-0.05, 0) is 61.2 Å². The van der Waals surface area contributed by atoms with Crippen LogP contribution in [0.25, 0.3) is 0 Å². The Balaban J connectivity index is 1.72. The Morgan fingerprint density at radius 2 is 1.07 bits per heavy atom. The van der Waals surface area contributed by atoms with Crippen molar-refractivity contribution in [1.29, 1.82) is 0 Å². The molecule has 0 spiro atoms. The van der Waals surface area contributed by atoms with Crippen LogP contribution in [-0.2, 0) is 0 Å². The third kappa shape index (κ3) is 0.737. The van der Waals surface area contributed by atoms with E-state index in [2.05, 4.69) is 0 Å². The molecule has 0 aromatic rings. The molecule has 4 aliphatic rings. The maximum absolute atomic E-state index is 9.90. The van der Waals surface area contributed by atoms with Gasteiger partial charge in [-0.2, -0.15) is 0 Å². The largest absolute Gasteiger partial charge is 0.393 e. The molecule has 4 rings (SSSR count). The highest BCUT2D eigenvalue weighted by Gasteiger charge is 2.64. The molecular weight excluding hydrogens is 176 g/mol. The fourth-order valence-electron chi connectivity index (χ4n) is 5.53. The first kappa shape index (κ1) is 8.12. The van der Waals surface area contributed by atoms with Crippen LogP contribution in [0.2, 0.25) is 0 Å². The standard InChI is InChI=1S/C12H18O2/c13-9-3-5-1-7(9)12-6-2-8(11(5)12)10(14)4-6/h5-14H,1-4H2/t5-,6-,7+,8+,9+,10?,11+,12+/m0/s1. The van der Waals surface area contributed by atoms with E-state index in [9.17, 15) is 10.2 Å². The molecule has 4 saturated carbocycles. The van der Waals surface area contributed by atoms with Crippen LogP contribution in [-0.4, -0.2) is 22.4 Å². The smallest absolute Gasteiger partial charge is 0.0574 e. The predicted octanol–water partition coefficient (Wildman–Crippen LogP) is 1.02. The average Bonchev–Trinajstić information content (AvgIpc) is 2.78. The van der Waals surface area contributed by atoms with E-state index in [1.54, 1.807) is 0 Å². The highest BCUT2D eigenvalue weighted by atomic mass is 16.3. The molecule has 0 radical (unpaired) electrons. The molecular formula is C12H18O2. The van der Waals surface area contributed by atoms with Crippen LogP contribution in [0.4, 0.5) is 0 Å². The molecule has 4 fully saturated rings. The van der Waals surface area contributed by atoms with Gasteiger partial charge in [0.2, 0.25) is 0 Å². The van der Waals surface area contributed by atoms with Gasteiger partial charge in [0.05, 0.1) is 12.2 Å². The first-order valence-electron chi connectivity index (χ1n) is 6.12. The molecule has 0 aliphatic heterocycles. The van der Waals surface area contributed by atoms with Crippen LogP contribution in [0.15, 0.2) is 0 Å². The summed E-state index contributed by atoms with van der Waals surface area (Å²) < 4.78 is 0. The molecule has 0 aromatic carbocycles. The van der Waals surface area contributed by atoms with E-state index in [4.69, 9.17) is 0 Å². The molecule has 78 valence electrons. The van der Waals surface area contributed by atoms with Crippen LogP contribution in [0.1, 0.15) is 25.7 Å². The first-order chi connectivity index (χ1) is 6.75. The minimum atomic E-state index is -0.00209. The summed E-state index contributed by atoms with van der Waals surface area (Å²) in [6.45, 7) is 0. The van der Waals surface area contributed by atoms with Gasteiger partial charge in [0, 0.05) is 0 Å². The maximum atomic E-state index is 9.90. The van der Waals surface area contributed by atoms with Crippen molar-refractivity contribution < 1.29 is 10.2 Å². The summed E-state index contributed by atoms with van der Waals surface area (Å²) in [5.74, 6) is 4.30. The normalized spacial score (nSPS) is 69.0. The molecule has 4 bridgehead atoms.